The van der Waals surface area contributed by atoms with E-state index in [1.807, 2.05) is 29.2 Å². The zero-order chi connectivity index (χ0) is 19.2. The van der Waals surface area contributed by atoms with Crippen LogP contribution in [0.1, 0.15) is 55.6 Å². The number of rotatable bonds is 3. The van der Waals surface area contributed by atoms with Crippen LogP contribution in [0, 0.1) is 17.2 Å². The Bertz CT molecular complexity index is 694. The van der Waals surface area contributed by atoms with Gasteiger partial charge in [-0.1, -0.05) is 12.1 Å². The van der Waals surface area contributed by atoms with Crippen molar-refractivity contribution in [1.29, 1.82) is 5.26 Å². The smallest absolute Gasteiger partial charge is 0.317 e. The molecule has 0 aromatic heterocycles. The summed E-state index contributed by atoms with van der Waals surface area (Å²) in [6, 6.07) is 10.1. The number of esters is 1. The third kappa shape index (κ3) is 4.79. The van der Waals surface area contributed by atoms with E-state index in [-0.39, 0.29) is 24.0 Å². The second-order valence-corrected chi connectivity index (χ2v) is 7.52. The molecule has 0 radical (unpaired) electrons. The van der Waals surface area contributed by atoms with E-state index in [4.69, 9.17) is 10.00 Å². The number of hydrogen-bond donors (Lipinski definition) is 1. The van der Waals surface area contributed by atoms with Crippen LogP contribution in [0.2, 0.25) is 0 Å². The minimum Gasteiger partial charge on any atom is -0.469 e. The first kappa shape index (κ1) is 19.2. The topological polar surface area (TPSA) is 82.4 Å². The Morgan fingerprint density at radius 1 is 1.07 bits per heavy atom. The molecule has 1 heterocycles. The number of ether oxygens (including phenoxy) is 1. The van der Waals surface area contributed by atoms with Crippen LogP contribution in [-0.4, -0.2) is 43.1 Å². The fourth-order valence-electron chi connectivity index (χ4n) is 4.15. The highest BCUT2D eigenvalue weighted by Gasteiger charge is 2.29. The summed E-state index contributed by atoms with van der Waals surface area (Å²) in [7, 11) is 1.43. The van der Waals surface area contributed by atoms with Crippen LogP contribution in [0.25, 0.3) is 0 Å². The number of nitrogens with one attached hydrogen (secondary N) is 1. The van der Waals surface area contributed by atoms with Gasteiger partial charge in [-0.15, -0.1) is 0 Å². The number of carbonyl (C=O) groups excluding carboxylic acids is 2. The Morgan fingerprint density at radius 3 is 2.26 bits per heavy atom. The van der Waals surface area contributed by atoms with Crippen molar-refractivity contribution in [3.63, 3.8) is 0 Å². The van der Waals surface area contributed by atoms with Gasteiger partial charge < -0.3 is 15.0 Å². The summed E-state index contributed by atoms with van der Waals surface area (Å²) in [6.07, 6.45) is 5.08. The predicted molar refractivity (Wildman–Crippen MR) is 101 cm³/mol. The molecule has 1 aliphatic heterocycles. The van der Waals surface area contributed by atoms with Crippen LogP contribution in [0.5, 0.6) is 0 Å². The van der Waals surface area contributed by atoms with Gasteiger partial charge in [0.05, 0.1) is 24.7 Å². The molecule has 1 aromatic carbocycles. The Labute approximate surface area is 160 Å². The van der Waals surface area contributed by atoms with Crippen molar-refractivity contribution in [2.75, 3.05) is 20.2 Å². The number of amides is 2. The molecule has 0 spiro atoms. The number of hydrogen-bond acceptors (Lipinski definition) is 4. The first-order valence-corrected chi connectivity index (χ1v) is 9.74. The average molecular weight is 369 g/mol. The summed E-state index contributed by atoms with van der Waals surface area (Å²) in [5, 5.41) is 12.0. The number of urea groups is 1. The maximum atomic E-state index is 12.6. The highest BCUT2D eigenvalue weighted by molar-refractivity contribution is 5.75. The van der Waals surface area contributed by atoms with Crippen LogP contribution < -0.4 is 5.32 Å². The molecule has 144 valence electrons. The van der Waals surface area contributed by atoms with Gasteiger partial charge in [0.25, 0.3) is 0 Å². The summed E-state index contributed by atoms with van der Waals surface area (Å²) in [6.45, 7) is 1.49. The van der Waals surface area contributed by atoms with Crippen LogP contribution in [0.4, 0.5) is 4.79 Å². The van der Waals surface area contributed by atoms with Crippen molar-refractivity contribution in [1.82, 2.24) is 10.2 Å². The monoisotopic (exact) mass is 369 g/mol. The fraction of sp³-hybridized carbons (Fsp3) is 0.571. The van der Waals surface area contributed by atoms with Gasteiger partial charge in [0.15, 0.2) is 0 Å². The largest absolute Gasteiger partial charge is 0.469 e. The first-order valence-electron chi connectivity index (χ1n) is 9.74. The molecule has 27 heavy (non-hydrogen) atoms. The summed E-state index contributed by atoms with van der Waals surface area (Å²) in [5.41, 5.74) is 1.92. The van der Waals surface area contributed by atoms with Gasteiger partial charge in [0.1, 0.15) is 0 Å². The van der Waals surface area contributed by atoms with Gasteiger partial charge in [0, 0.05) is 19.1 Å². The summed E-state index contributed by atoms with van der Waals surface area (Å²) in [4.78, 5) is 26.0. The normalized spacial score (nSPS) is 23.3. The Hall–Kier alpha value is -2.55. The minimum atomic E-state index is -0.135. The lowest BCUT2D eigenvalue weighted by Crippen LogP contribution is -2.48. The number of benzene rings is 1. The Morgan fingerprint density at radius 2 is 1.70 bits per heavy atom. The molecule has 1 aliphatic carbocycles. The second kappa shape index (κ2) is 8.90. The quantitative estimate of drug-likeness (QED) is 0.830. The van der Waals surface area contributed by atoms with Gasteiger partial charge in [-0.05, 0) is 62.1 Å². The number of nitrogens with zero attached hydrogens (tertiary/aromatic N) is 2. The molecule has 0 bridgehead atoms. The van der Waals surface area contributed by atoms with E-state index in [2.05, 4.69) is 11.4 Å². The van der Waals surface area contributed by atoms with Crippen molar-refractivity contribution >= 4 is 12.0 Å². The fourth-order valence-corrected chi connectivity index (χ4v) is 4.15. The molecule has 6 heteroatoms. The molecule has 0 unspecified atom stereocenters. The molecule has 0 atom stereocenters. The molecular weight excluding hydrogens is 342 g/mol. The van der Waals surface area contributed by atoms with E-state index in [0.717, 1.165) is 51.6 Å². The van der Waals surface area contributed by atoms with E-state index in [0.29, 0.717) is 11.5 Å². The lowest BCUT2D eigenvalue weighted by Gasteiger charge is -2.34. The predicted octanol–water partition coefficient (Wildman–Crippen LogP) is 3.18. The number of carbonyl (C=O) groups is 2. The van der Waals surface area contributed by atoms with Gasteiger partial charge >= 0.3 is 12.0 Å². The second-order valence-electron chi connectivity index (χ2n) is 7.52. The minimum absolute atomic E-state index is 0.00907. The highest BCUT2D eigenvalue weighted by Crippen LogP contribution is 2.29. The zero-order valence-corrected chi connectivity index (χ0v) is 15.8. The average Bonchev–Trinajstić information content (AvgIpc) is 2.74. The number of likely N-dealkylation sites (tertiary alicyclic amines) is 1. The third-order valence-corrected chi connectivity index (χ3v) is 5.88. The number of nitriles is 1. The summed E-state index contributed by atoms with van der Waals surface area (Å²) in [5.74, 6) is 0.285. The molecular formula is C21H27N3O3. The number of piperidine rings is 1. The third-order valence-electron chi connectivity index (χ3n) is 5.88. The SMILES string of the molecule is COC(=O)C1CCC(NC(=O)N2CCC(c3ccc(C#N)cc3)CC2)CC1. The lowest BCUT2D eigenvalue weighted by atomic mass is 9.86. The van der Waals surface area contributed by atoms with Crippen LogP contribution in [0.3, 0.4) is 0 Å². The standard InChI is InChI=1S/C21H27N3O3/c1-27-20(25)18-6-8-19(9-7-18)23-21(26)24-12-10-17(11-13-24)16-4-2-15(14-22)3-5-16/h2-5,17-19H,6-13H2,1H3,(H,23,26). The van der Waals surface area contributed by atoms with Crippen molar-refractivity contribution in [3.05, 3.63) is 35.4 Å². The molecule has 2 amide bonds. The molecule has 1 saturated heterocycles. The maximum Gasteiger partial charge on any atom is 0.317 e. The zero-order valence-electron chi connectivity index (χ0n) is 15.8. The molecule has 1 saturated carbocycles. The molecule has 2 fully saturated rings. The molecule has 3 rings (SSSR count). The lowest BCUT2D eigenvalue weighted by molar-refractivity contribution is -0.146. The van der Waals surface area contributed by atoms with Gasteiger partial charge in [-0.2, -0.15) is 5.26 Å². The van der Waals surface area contributed by atoms with Crippen molar-refractivity contribution in [3.8, 4) is 6.07 Å². The molecule has 2 aliphatic rings. The van der Waals surface area contributed by atoms with Crippen molar-refractivity contribution in [2.45, 2.75) is 50.5 Å². The Balaban J connectivity index is 1.43. The van der Waals surface area contributed by atoms with Crippen LogP contribution in [-0.2, 0) is 9.53 Å². The summed E-state index contributed by atoms with van der Waals surface area (Å²) >= 11 is 0. The van der Waals surface area contributed by atoms with E-state index >= 15 is 0 Å². The van der Waals surface area contributed by atoms with E-state index in [9.17, 15) is 9.59 Å². The highest BCUT2D eigenvalue weighted by atomic mass is 16.5. The van der Waals surface area contributed by atoms with Gasteiger partial charge in [0.2, 0.25) is 0 Å². The molecule has 6 nitrogen and oxygen atoms in total. The van der Waals surface area contributed by atoms with Gasteiger partial charge in [-0.25, -0.2) is 4.79 Å². The molecule has 1 aromatic rings. The first-order chi connectivity index (χ1) is 13.1. The van der Waals surface area contributed by atoms with Gasteiger partial charge in [-0.3, -0.25) is 4.79 Å². The van der Waals surface area contributed by atoms with E-state index < -0.39 is 0 Å². The van der Waals surface area contributed by atoms with Crippen molar-refractivity contribution < 1.29 is 14.3 Å². The summed E-state index contributed by atoms with van der Waals surface area (Å²) < 4.78 is 4.81. The Kier molecular flexibility index (Phi) is 6.33. The maximum absolute atomic E-state index is 12.6. The van der Waals surface area contributed by atoms with E-state index in [1.165, 1.54) is 12.7 Å². The number of methoxy groups -OCH3 is 1. The molecule has 1 N–H and O–H groups in total. The van der Waals surface area contributed by atoms with Crippen molar-refractivity contribution in [2.24, 2.45) is 5.92 Å². The van der Waals surface area contributed by atoms with Crippen LogP contribution >= 0.6 is 0 Å². The van der Waals surface area contributed by atoms with E-state index in [1.54, 1.807) is 0 Å². The van der Waals surface area contributed by atoms with Crippen LogP contribution in [0.15, 0.2) is 24.3 Å².